The van der Waals surface area contributed by atoms with Crippen LogP contribution >= 0.6 is 23.5 Å². The van der Waals surface area contributed by atoms with Crippen molar-refractivity contribution in [3.05, 3.63) is 53.1 Å². The zero-order chi connectivity index (χ0) is 13.7. The van der Waals surface area contributed by atoms with Crippen LogP contribution in [0.4, 0.5) is 5.69 Å². The molecule has 2 aromatic carbocycles. The second-order valence-electron chi connectivity index (χ2n) is 4.32. The van der Waals surface area contributed by atoms with E-state index in [1.54, 1.807) is 18.2 Å². The Hall–Kier alpha value is -1.98. The van der Waals surface area contributed by atoms with E-state index in [0.717, 1.165) is 10.6 Å². The summed E-state index contributed by atoms with van der Waals surface area (Å²) in [7, 11) is 0. The number of rotatable bonds is 0. The molecule has 0 N–H and O–H groups in total. The average Bonchev–Trinajstić information content (AvgIpc) is 2.48. The van der Waals surface area contributed by atoms with Gasteiger partial charge < -0.3 is 4.74 Å². The van der Waals surface area contributed by atoms with Gasteiger partial charge in [-0.2, -0.15) is 4.40 Å². The van der Waals surface area contributed by atoms with Crippen LogP contribution in [0.25, 0.3) is 0 Å². The predicted molar refractivity (Wildman–Crippen MR) is 78.6 cm³/mol. The van der Waals surface area contributed by atoms with E-state index in [1.165, 1.54) is 16.8 Å². The first-order chi connectivity index (χ1) is 9.74. The van der Waals surface area contributed by atoms with Crippen LogP contribution in [0.15, 0.2) is 51.8 Å². The SMILES string of the molecule is O=C1c2cc(Cl)ccc2OC2=NSc3ccccc3N12. The van der Waals surface area contributed by atoms with Crippen LogP contribution in [-0.4, -0.2) is 11.9 Å². The number of benzene rings is 2. The topological polar surface area (TPSA) is 41.9 Å². The van der Waals surface area contributed by atoms with E-state index in [2.05, 4.69) is 4.40 Å². The lowest BCUT2D eigenvalue weighted by molar-refractivity contribution is 0.0989. The van der Waals surface area contributed by atoms with Gasteiger partial charge in [-0.25, -0.2) is 4.90 Å². The minimum Gasteiger partial charge on any atom is -0.424 e. The lowest BCUT2D eigenvalue weighted by atomic mass is 10.1. The third kappa shape index (κ3) is 1.63. The number of carbonyl (C=O) groups is 1. The second-order valence-corrected chi connectivity index (χ2v) is 5.56. The molecule has 0 bridgehead atoms. The summed E-state index contributed by atoms with van der Waals surface area (Å²) >= 11 is 7.25. The molecule has 6 heteroatoms. The molecule has 2 aliphatic heterocycles. The highest BCUT2D eigenvalue weighted by Gasteiger charge is 2.36. The highest BCUT2D eigenvalue weighted by molar-refractivity contribution is 7.98. The van der Waals surface area contributed by atoms with Crippen LogP contribution in [0.2, 0.25) is 5.02 Å². The zero-order valence-corrected chi connectivity index (χ0v) is 11.6. The number of hydrogen-bond acceptors (Lipinski definition) is 4. The summed E-state index contributed by atoms with van der Waals surface area (Å²) < 4.78 is 9.94. The predicted octanol–water partition coefficient (Wildman–Crippen LogP) is 3.76. The molecule has 2 heterocycles. The average molecular weight is 303 g/mol. The molecule has 2 aromatic rings. The van der Waals surface area contributed by atoms with Gasteiger partial charge in [0.1, 0.15) is 5.75 Å². The van der Waals surface area contributed by atoms with Crippen molar-refractivity contribution < 1.29 is 9.53 Å². The van der Waals surface area contributed by atoms with E-state index >= 15 is 0 Å². The maximum absolute atomic E-state index is 12.7. The van der Waals surface area contributed by atoms with Gasteiger partial charge in [-0.15, -0.1) is 0 Å². The Morgan fingerprint density at radius 3 is 2.95 bits per heavy atom. The van der Waals surface area contributed by atoms with Gasteiger partial charge in [-0.1, -0.05) is 23.7 Å². The van der Waals surface area contributed by atoms with E-state index in [1.807, 2.05) is 24.3 Å². The maximum atomic E-state index is 12.7. The van der Waals surface area contributed by atoms with Crippen molar-refractivity contribution in [3.8, 4) is 5.75 Å². The summed E-state index contributed by atoms with van der Waals surface area (Å²) in [6.45, 7) is 0. The van der Waals surface area contributed by atoms with Crippen molar-refractivity contribution in [1.82, 2.24) is 0 Å². The molecule has 20 heavy (non-hydrogen) atoms. The largest absolute Gasteiger partial charge is 0.424 e. The Labute approximate surface area is 124 Å². The molecular formula is C14H7ClN2O2S. The Bertz CT molecular complexity index is 776. The Balaban J connectivity index is 1.91. The van der Waals surface area contributed by atoms with E-state index in [9.17, 15) is 4.79 Å². The highest BCUT2D eigenvalue weighted by Crippen LogP contribution is 2.40. The van der Waals surface area contributed by atoms with Crippen molar-refractivity contribution >= 4 is 41.2 Å². The quantitative estimate of drug-likeness (QED) is 0.696. The van der Waals surface area contributed by atoms with Crippen LogP contribution in [0.3, 0.4) is 0 Å². The lowest BCUT2D eigenvalue weighted by Gasteiger charge is -2.32. The minimum absolute atomic E-state index is 0.180. The Morgan fingerprint density at radius 2 is 2.05 bits per heavy atom. The third-order valence-electron chi connectivity index (χ3n) is 3.10. The number of hydrogen-bond donors (Lipinski definition) is 0. The summed E-state index contributed by atoms with van der Waals surface area (Å²) in [6.07, 6.45) is 0. The molecule has 0 aromatic heterocycles. The molecule has 0 saturated heterocycles. The summed E-state index contributed by atoms with van der Waals surface area (Å²) in [5, 5.41) is 0.501. The van der Waals surface area contributed by atoms with Gasteiger partial charge in [0.25, 0.3) is 5.91 Å². The van der Waals surface area contributed by atoms with Crippen molar-refractivity contribution in [2.45, 2.75) is 4.90 Å². The molecule has 0 atom stereocenters. The summed E-state index contributed by atoms with van der Waals surface area (Å²) in [6, 6.07) is 12.8. The molecular weight excluding hydrogens is 296 g/mol. The fourth-order valence-corrected chi connectivity index (χ4v) is 3.05. The fourth-order valence-electron chi connectivity index (χ4n) is 2.19. The minimum atomic E-state index is -0.180. The summed E-state index contributed by atoms with van der Waals surface area (Å²) in [4.78, 5) is 15.1. The number of anilines is 1. The normalized spacial score (nSPS) is 15.8. The number of para-hydroxylation sites is 1. The standard InChI is InChI=1S/C14H7ClN2O2S/c15-8-5-6-11-9(7-8)13(18)17-10-3-1-2-4-12(10)20-16-14(17)19-11/h1-7H. The van der Waals surface area contributed by atoms with Crippen LogP contribution in [-0.2, 0) is 0 Å². The highest BCUT2D eigenvalue weighted by atomic mass is 35.5. The van der Waals surface area contributed by atoms with E-state index in [0.29, 0.717) is 16.3 Å². The molecule has 0 fully saturated rings. The molecule has 0 aliphatic carbocycles. The molecule has 98 valence electrons. The molecule has 0 spiro atoms. The van der Waals surface area contributed by atoms with Crippen molar-refractivity contribution in [2.24, 2.45) is 4.40 Å². The lowest BCUT2D eigenvalue weighted by Crippen LogP contribution is -2.45. The molecule has 0 radical (unpaired) electrons. The summed E-state index contributed by atoms with van der Waals surface area (Å²) in [5.41, 5.74) is 1.22. The van der Waals surface area contributed by atoms with Gasteiger partial charge in [0.05, 0.1) is 16.1 Å². The van der Waals surface area contributed by atoms with E-state index in [4.69, 9.17) is 16.3 Å². The first-order valence-electron chi connectivity index (χ1n) is 5.90. The number of amidine groups is 1. The van der Waals surface area contributed by atoms with Gasteiger partial charge in [-0.05, 0) is 30.3 Å². The van der Waals surface area contributed by atoms with Crippen LogP contribution < -0.4 is 9.64 Å². The maximum Gasteiger partial charge on any atom is 0.316 e. The number of fused-ring (bicyclic) bond motifs is 4. The Kier molecular flexibility index (Phi) is 2.52. The first kappa shape index (κ1) is 11.8. The van der Waals surface area contributed by atoms with Gasteiger partial charge >= 0.3 is 6.02 Å². The van der Waals surface area contributed by atoms with Crippen molar-refractivity contribution in [2.75, 3.05) is 4.90 Å². The molecule has 4 nitrogen and oxygen atoms in total. The fraction of sp³-hybridized carbons (Fsp3) is 0. The van der Waals surface area contributed by atoms with Crippen molar-refractivity contribution in [1.29, 1.82) is 0 Å². The molecule has 0 saturated carbocycles. The summed E-state index contributed by atoms with van der Waals surface area (Å²) in [5.74, 6) is 0.301. The number of carbonyl (C=O) groups excluding carboxylic acids is 1. The van der Waals surface area contributed by atoms with Crippen LogP contribution in [0.5, 0.6) is 5.75 Å². The first-order valence-corrected chi connectivity index (χ1v) is 7.05. The van der Waals surface area contributed by atoms with Gasteiger partial charge in [0.2, 0.25) is 0 Å². The second kappa shape index (κ2) is 4.26. The smallest absolute Gasteiger partial charge is 0.316 e. The Morgan fingerprint density at radius 1 is 1.20 bits per heavy atom. The zero-order valence-electron chi connectivity index (χ0n) is 10.0. The number of halogens is 1. The van der Waals surface area contributed by atoms with E-state index in [-0.39, 0.29) is 11.9 Å². The third-order valence-corrected chi connectivity index (χ3v) is 4.12. The van der Waals surface area contributed by atoms with Crippen molar-refractivity contribution in [3.63, 3.8) is 0 Å². The molecule has 2 aliphatic rings. The van der Waals surface area contributed by atoms with Gasteiger partial charge in [0, 0.05) is 17.0 Å². The van der Waals surface area contributed by atoms with E-state index < -0.39 is 0 Å². The van der Waals surface area contributed by atoms with Crippen LogP contribution in [0.1, 0.15) is 10.4 Å². The number of amides is 1. The van der Waals surface area contributed by atoms with Gasteiger partial charge in [-0.3, -0.25) is 4.79 Å². The molecule has 4 rings (SSSR count). The number of ether oxygens (including phenoxy) is 1. The van der Waals surface area contributed by atoms with Gasteiger partial charge in [0.15, 0.2) is 0 Å². The monoisotopic (exact) mass is 302 g/mol. The number of nitrogens with zero attached hydrogens (tertiary/aromatic N) is 2. The molecule has 0 unspecified atom stereocenters. The molecule has 1 amide bonds. The van der Waals surface area contributed by atoms with Crippen LogP contribution in [0, 0.1) is 0 Å².